The second kappa shape index (κ2) is 12.5. The third-order valence-electron chi connectivity index (χ3n) is 5.76. The zero-order valence-electron chi connectivity index (χ0n) is 21.6. The summed E-state index contributed by atoms with van der Waals surface area (Å²) in [4.78, 5) is 15.6. The molecule has 1 amide bonds. The first-order valence-electron chi connectivity index (χ1n) is 11.8. The highest BCUT2D eigenvalue weighted by atomic mass is 35.5. The van der Waals surface area contributed by atoms with E-state index in [0.29, 0.717) is 22.0 Å². The van der Waals surface area contributed by atoms with Crippen molar-refractivity contribution in [2.24, 2.45) is 0 Å². The molecule has 4 rings (SSSR count). The van der Waals surface area contributed by atoms with Crippen LogP contribution in [-0.2, 0) is 16.6 Å². The lowest BCUT2D eigenvalue weighted by Gasteiger charge is -2.26. The Morgan fingerprint density at radius 3 is 2.15 bits per heavy atom. The summed E-state index contributed by atoms with van der Waals surface area (Å²) in [5, 5.41) is 3.49. The third kappa shape index (κ3) is 7.06. The van der Waals surface area contributed by atoms with Gasteiger partial charge in [-0.25, -0.2) is 8.42 Å². The number of rotatable bonds is 10. The van der Waals surface area contributed by atoms with Crippen molar-refractivity contribution in [3.05, 3.63) is 107 Å². The van der Waals surface area contributed by atoms with Crippen LogP contribution in [0.2, 0.25) is 5.02 Å². The standard InChI is InChI=1S/C29H27ClN2O5S2/c1-36-26-17-23(29(33)31-24-11-7-8-12-28(24)38-22-9-5-4-6-10-22)25(18-27(26)37-2)32(39(3,34)35)19-20-13-15-21(30)16-14-20/h4-18H,19H2,1-3H3,(H,31,33). The Bertz CT molecular complexity index is 1560. The molecule has 0 aliphatic heterocycles. The van der Waals surface area contributed by atoms with Gasteiger partial charge in [0.05, 0.1) is 44.0 Å². The SMILES string of the molecule is COc1cc(C(=O)Nc2ccccc2Sc2ccccc2)c(N(Cc2ccc(Cl)cc2)S(C)(=O)=O)cc1OC. The number of hydrogen-bond acceptors (Lipinski definition) is 6. The molecule has 0 atom stereocenters. The maximum atomic E-state index is 13.8. The molecule has 0 aliphatic carbocycles. The van der Waals surface area contributed by atoms with E-state index in [1.54, 1.807) is 30.3 Å². The maximum absolute atomic E-state index is 13.8. The van der Waals surface area contributed by atoms with E-state index in [-0.39, 0.29) is 23.5 Å². The minimum atomic E-state index is -3.83. The predicted octanol–water partition coefficient (Wildman–Crippen LogP) is 6.73. The van der Waals surface area contributed by atoms with Gasteiger partial charge < -0.3 is 14.8 Å². The van der Waals surface area contributed by atoms with Gasteiger partial charge in [-0.2, -0.15) is 0 Å². The normalized spacial score (nSPS) is 11.1. The van der Waals surface area contributed by atoms with Crippen molar-refractivity contribution in [3.63, 3.8) is 0 Å². The molecule has 0 spiro atoms. The first kappa shape index (κ1) is 28.4. The first-order chi connectivity index (χ1) is 18.7. The Balaban J connectivity index is 1.77. The average Bonchev–Trinajstić information content (AvgIpc) is 2.93. The van der Waals surface area contributed by atoms with Crippen LogP contribution in [0.15, 0.2) is 101 Å². The molecular formula is C29H27ClN2O5S2. The lowest BCUT2D eigenvalue weighted by Crippen LogP contribution is -2.31. The van der Waals surface area contributed by atoms with E-state index < -0.39 is 15.9 Å². The highest BCUT2D eigenvalue weighted by molar-refractivity contribution is 7.99. The van der Waals surface area contributed by atoms with E-state index in [1.807, 2.05) is 48.5 Å². The lowest BCUT2D eigenvalue weighted by molar-refractivity contribution is 0.102. The third-order valence-corrected chi connectivity index (χ3v) is 8.22. The number of halogens is 1. The van der Waals surface area contributed by atoms with Crippen LogP contribution in [0.4, 0.5) is 11.4 Å². The topological polar surface area (TPSA) is 84.9 Å². The summed E-state index contributed by atoms with van der Waals surface area (Å²) < 4.78 is 38.1. The lowest BCUT2D eigenvalue weighted by atomic mass is 10.1. The van der Waals surface area contributed by atoms with Gasteiger partial charge in [0.1, 0.15) is 0 Å². The second-order valence-corrected chi connectivity index (χ2v) is 11.9. The monoisotopic (exact) mass is 582 g/mol. The molecule has 0 fully saturated rings. The number of methoxy groups -OCH3 is 2. The van der Waals surface area contributed by atoms with Crippen LogP contribution in [0.25, 0.3) is 0 Å². The summed E-state index contributed by atoms with van der Waals surface area (Å²) in [5.41, 5.74) is 1.53. The highest BCUT2D eigenvalue weighted by Crippen LogP contribution is 2.38. The molecule has 0 unspecified atom stereocenters. The van der Waals surface area contributed by atoms with Crippen molar-refractivity contribution in [2.45, 2.75) is 16.3 Å². The van der Waals surface area contributed by atoms with Gasteiger partial charge in [-0.3, -0.25) is 9.10 Å². The van der Waals surface area contributed by atoms with Crippen LogP contribution < -0.4 is 19.1 Å². The number of nitrogens with one attached hydrogen (secondary N) is 1. The fourth-order valence-electron chi connectivity index (χ4n) is 3.86. The van der Waals surface area contributed by atoms with Crippen molar-refractivity contribution in [1.29, 1.82) is 0 Å². The van der Waals surface area contributed by atoms with E-state index in [1.165, 1.54) is 38.1 Å². The van der Waals surface area contributed by atoms with E-state index in [2.05, 4.69) is 5.32 Å². The van der Waals surface area contributed by atoms with Gasteiger partial charge in [0.2, 0.25) is 10.0 Å². The number of carbonyl (C=O) groups excluding carboxylic acids is 1. The molecule has 0 saturated carbocycles. The van der Waals surface area contributed by atoms with Crippen LogP contribution >= 0.6 is 23.4 Å². The summed E-state index contributed by atoms with van der Waals surface area (Å²) in [6.45, 7) is -0.0216. The van der Waals surface area contributed by atoms with Crippen LogP contribution in [0.1, 0.15) is 15.9 Å². The quantitative estimate of drug-likeness (QED) is 0.223. The molecule has 4 aromatic rings. The number of benzene rings is 4. The van der Waals surface area contributed by atoms with Gasteiger partial charge in [-0.05, 0) is 48.0 Å². The first-order valence-corrected chi connectivity index (χ1v) is 14.9. The van der Waals surface area contributed by atoms with Crippen molar-refractivity contribution in [2.75, 3.05) is 30.1 Å². The van der Waals surface area contributed by atoms with Crippen molar-refractivity contribution in [1.82, 2.24) is 0 Å². The van der Waals surface area contributed by atoms with Crippen LogP contribution in [-0.4, -0.2) is 34.8 Å². The predicted molar refractivity (Wildman–Crippen MR) is 157 cm³/mol. The number of amides is 1. The number of hydrogen-bond donors (Lipinski definition) is 1. The molecule has 7 nitrogen and oxygen atoms in total. The number of nitrogens with zero attached hydrogens (tertiary/aromatic N) is 1. The van der Waals surface area contributed by atoms with Gasteiger partial charge >= 0.3 is 0 Å². The van der Waals surface area contributed by atoms with E-state index in [0.717, 1.165) is 20.4 Å². The van der Waals surface area contributed by atoms with Crippen LogP contribution in [0.3, 0.4) is 0 Å². The van der Waals surface area contributed by atoms with Crippen molar-refractivity contribution >= 4 is 50.7 Å². The molecule has 202 valence electrons. The number of ether oxygens (including phenoxy) is 2. The van der Waals surface area contributed by atoms with Gasteiger partial charge in [-0.1, -0.05) is 65.8 Å². The summed E-state index contributed by atoms with van der Waals surface area (Å²) in [5.74, 6) is 0.0731. The number of para-hydroxylation sites is 1. The smallest absolute Gasteiger partial charge is 0.257 e. The van der Waals surface area contributed by atoms with Gasteiger partial charge in [0.15, 0.2) is 11.5 Å². The molecule has 0 heterocycles. The Morgan fingerprint density at radius 2 is 1.51 bits per heavy atom. The van der Waals surface area contributed by atoms with E-state index in [9.17, 15) is 13.2 Å². The molecule has 10 heteroatoms. The minimum absolute atomic E-state index is 0.0216. The second-order valence-electron chi connectivity index (χ2n) is 8.49. The Morgan fingerprint density at radius 1 is 0.897 bits per heavy atom. The summed E-state index contributed by atoms with van der Waals surface area (Å²) >= 11 is 7.53. The number of carbonyl (C=O) groups is 1. The molecule has 0 aromatic heterocycles. The largest absolute Gasteiger partial charge is 0.493 e. The molecule has 0 radical (unpaired) electrons. The highest BCUT2D eigenvalue weighted by Gasteiger charge is 2.27. The molecular weight excluding hydrogens is 556 g/mol. The Labute approximate surface area is 237 Å². The molecule has 0 bridgehead atoms. The molecule has 1 N–H and O–H groups in total. The van der Waals surface area contributed by atoms with Crippen molar-refractivity contribution in [3.8, 4) is 11.5 Å². The fourth-order valence-corrected chi connectivity index (χ4v) is 5.80. The average molecular weight is 583 g/mol. The van der Waals surface area contributed by atoms with Crippen LogP contribution in [0.5, 0.6) is 11.5 Å². The molecule has 0 aliphatic rings. The Hall–Kier alpha value is -3.66. The van der Waals surface area contributed by atoms with E-state index in [4.69, 9.17) is 21.1 Å². The van der Waals surface area contributed by atoms with Gasteiger partial charge in [0, 0.05) is 20.9 Å². The molecule has 0 saturated heterocycles. The number of sulfonamides is 1. The molecule has 39 heavy (non-hydrogen) atoms. The van der Waals surface area contributed by atoms with Gasteiger partial charge in [0.25, 0.3) is 5.91 Å². The van der Waals surface area contributed by atoms with E-state index >= 15 is 0 Å². The zero-order chi connectivity index (χ0) is 28.0. The Kier molecular flexibility index (Phi) is 9.06. The summed E-state index contributed by atoms with van der Waals surface area (Å²) in [6, 6.07) is 27.0. The fraction of sp³-hybridized carbons (Fsp3) is 0.138. The van der Waals surface area contributed by atoms with Gasteiger partial charge in [-0.15, -0.1) is 0 Å². The summed E-state index contributed by atoms with van der Waals surface area (Å²) in [6.07, 6.45) is 1.09. The van der Waals surface area contributed by atoms with Crippen LogP contribution in [0, 0.1) is 0 Å². The summed E-state index contributed by atoms with van der Waals surface area (Å²) in [7, 11) is -0.930. The minimum Gasteiger partial charge on any atom is -0.493 e. The maximum Gasteiger partial charge on any atom is 0.257 e. The zero-order valence-corrected chi connectivity index (χ0v) is 23.9. The van der Waals surface area contributed by atoms with Crippen molar-refractivity contribution < 1.29 is 22.7 Å². The molecule has 4 aromatic carbocycles. The number of anilines is 2.